The van der Waals surface area contributed by atoms with Gasteiger partial charge in [0, 0.05) is 23.4 Å². The van der Waals surface area contributed by atoms with Gasteiger partial charge in [0.05, 0.1) is 16.3 Å². The fraction of sp³-hybridized carbons (Fsp3) is 0. The molecule has 6 heteroatoms. The Morgan fingerprint density at radius 3 is 3.00 bits per heavy atom. The van der Waals surface area contributed by atoms with Crippen LogP contribution < -0.4 is 5.32 Å². The number of aromatic hydroxyl groups is 1. The molecule has 1 aromatic heterocycles. The molecular weight excluding hydrogens is 283 g/mol. The van der Waals surface area contributed by atoms with Gasteiger partial charge in [0.1, 0.15) is 5.82 Å². The van der Waals surface area contributed by atoms with Gasteiger partial charge in [0.15, 0.2) is 0 Å². The van der Waals surface area contributed by atoms with Crippen molar-refractivity contribution in [1.82, 2.24) is 4.98 Å². The van der Waals surface area contributed by atoms with Crippen molar-refractivity contribution in [2.24, 2.45) is 0 Å². The molecule has 20 heavy (non-hydrogen) atoms. The van der Waals surface area contributed by atoms with Gasteiger partial charge in [-0.25, -0.2) is 9.37 Å². The lowest BCUT2D eigenvalue weighted by Crippen LogP contribution is -2.03. The van der Waals surface area contributed by atoms with E-state index in [9.17, 15) is 14.3 Å². The van der Waals surface area contributed by atoms with Crippen molar-refractivity contribution in [2.75, 3.05) is 5.32 Å². The van der Waals surface area contributed by atoms with Crippen molar-refractivity contribution >= 4 is 34.8 Å². The van der Waals surface area contributed by atoms with Gasteiger partial charge >= 0.3 is 0 Å². The van der Waals surface area contributed by atoms with Crippen LogP contribution in [0.25, 0.3) is 11.6 Å². The number of hydrogen-bond donors (Lipinski definition) is 2. The van der Waals surface area contributed by atoms with Crippen molar-refractivity contribution in [2.45, 2.75) is 0 Å². The quantitative estimate of drug-likeness (QED) is 0.794. The van der Waals surface area contributed by atoms with E-state index in [0.717, 1.165) is 0 Å². The van der Waals surface area contributed by atoms with Gasteiger partial charge in [0.2, 0.25) is 5.88 Å². The van der Waals surface area contributed by atoms with Crippen LogP contribution in [0.5, 0.6) is 5.88 Å². The van der Waals surface area contributed by atoms with E-state index in [-0.39, 0.29) is 27.9 Å². The average molecular weight is 291 g/mol. The summed E-state index contributed by atoms with van der Waals surface area (Å²) in [5.74, 6) is -1.17. The molecule has 3 rings (SSSR count). The van der Waals surface area contributed by atoms with Crippen molar-refractivity contribution in [3.63, 3.8) is 0 Å². The number of amides is 1. The monoisotopic (exact) mass is 290 g/mol. The summed E-state index contributed by atoms with van der Waals surface area (Å²) in [7, 11) is 0. The average Bonchev–Trinajstić information content (AvgIpc) is 2.70. The lowest BCUT2D eigenvalue weighted by atomic mass is 10.1. The summed E-state index contributed by atoms with van der Waals surface area (Å²) in [4.78, 5) is 15.6. The normalized spacial score (nSPS) is 15.3. The Bertz CT molecular complexity index is 759. The first-order valence-electron chi connectivity index (χ1n) is 5.72. The second kappa shape index (κ2) is 4.61. The number of fused-ring (bicyclic) bond motifs is 1. The molecule has 2 aromatic rings. The number of nitrogens with one attached hydrogen (secondary N) is 1. The molecule has 0 spiro atoms. The molecular formula is C14H8ClFN2O2. The molecule has 0 unspecified atom stereocenters. The first-order valence-corrected chi connectivity index (χ1v) is 6.10. The van der Waals surface area contributed by atoms with Gasteiger partial charge in [-0.05, 0) is 12.1 Å². The van der Waals surface area contributed by atoms with Crippen LogP contribution in [0.15, 0.2) is 30.5 Å². The molecule has 1 amide bonds. The molecule has 1 aromatic carbocycles. The number of anilines is 1. The van der Waals surface area contributed by atoms with Crippen LogP contribution >= 0.6 is 11.6 Å². The summed E-state index contributed by atoms with van der Waals surface area (Å²) >= 11 is 5.71. The molecule has 0 aliphatic carbocycles. The van der Waals surface area contributed by atoms with Gasteiger partial charge in [-0.15, -0.1) is 0 Å². The summed E-state index contributed by atoms with van der Waals surface area (Å²) in [6.45, 7) is 0. The van der Waals surface area contributed by atoms with E-state index in [4.69, 9.17) is 11.6 Å². The van der Waals surface area contributed by atoms with Gasteiger partial charge in [-0.1, -0.05) is 23.7 Å². The van der Waals surface area contributed by atoms with E-state index in [2.05, 4.69) is 10.3 Å². The van der Waals surface area contributed by atoms with Crippen molar-refractivity contribution < 1.29 is 14.3 Å². The van der Waals surface area contributed by atoms with Crippen LogP contribution in [0, 0.1) is 5.82 Å². The Morgan fingerprint density at radius 1 is 1.40 bits per heavy atom. The Balaban J connectivity index is 2.14. The van der Waals surface area contributed by atoms with Gasteiger partial charge < -0.3 is 10.4 Å². The minimum absolute atomic E-state index is 0.0122. The topological polar surface area (TPSA) is 62.2 Å². The number of nitrogens with zero attached hydrogens (tertiary/aromatic N) is 1. The van der Waals surface area contributed by atoms with Crippen molar-refractivity contribution in [3.8, 4) is 5.88 Å². The number of hydrogen-bond acceptors (Lipinski definition) is 3. The molecule has 0 radical (unpaired) electrons. The number of benzene rings is 1. The minimum atomic E-state index is -0.588. The molecule has 4 nitrogen and oxygen atoms in total. The number of carbonyl (C=O) groups is 1. The molecule has 0 saturated heterocycles. The first-order chi connectivity index (χ1) is 9.56. The van der Waals surface area contributed by atoms with Crippen LogP contribution in [0.2, 0.25) is 5.02 Å². The Hall–Kier alpha value is -2.40. The highest BCUT2D eigenvalue weighted by Gasteiger charge is 2.25. The first kappa shape index (κ1) is 12.6. The third kappa shape index (κ3) is 2.02. The maximum atomic E-state index is 13.9. The fourth-order valence-corrected chi connectivity index (χ4v) is 2.19. The molecule has 1 aliphatic heterocycles. The third-order valence-corrected chi connectivity index (χ3v) is 3.25. The predicted molar refractivity (Wildman–Crippen MR) is 73.8 cm³/mol. The zero-order valence-electron chi connectivity index (χ0n) is 10.0. The predicted octanol–water partition coefficient (Wildman–Crippen LogP) is 3.07. The zero-order valence-corrected chi connectivity index (χ0v) is 10.8. The maximum Gasteiger partial charge on any atom is 0.256 e. The number of halogens is 2. The van der Waals surface area contributed by atoms with Crippen LogP contribution in [-0.4, -0.2) is 16.0 Å². The Kier molecular flexibility index (Phi) is 2.91. The third-order valence-electron chi connectivity index (χ3n) is 2.95. The molecule has 1 aliphatic rings. The van der Waals surface area contributed by atoms with E-state index in [1.165, 1.54) is 30.5 Å². The highest BCUT2D eigenvalue weighted by atomic mass is 35.5. The molecule has 100 valence electrons. The molecule has 0 bridgehead atoms. The van der Waals surface area contributed by atoms with Crippen LogP contribution in [0.4, 0.5) is 10.1 Å². The highest BCUT2D eigenvalue weighted by Crippen LogP contribution is 2.34. The Labute approximate surface area is 118 Å². The van der Waals surface area contributed by atoms with Gasteiger partial charge in [-0.3, -0.25) is 4.79 Å². The fourth-order valence-electron chi connectivity index (χ4n) is 2.01. The number of pyridine rings is 1. The van der Waals surface area contributed by atoms with Crippen LogP contribution in [-0.2, 0) is 4.79 Å². The summed E-state index contributed by atoms with van der Waals surface area (Å²) in [5, 5.41) is 11.8. The molecule has 0 saturated carbocycles. The largest absolute Gasteiger partial charge is 0.493 e. The second-order valence-electron chi connectivity index (χ2n) is 4.24. The smallest absolute Gasteiger partial charge is 0.256 e. The van der Waals surface area contributed by atoms with E-state index in [0.29, 0.717) is 11.3 Å². The standard InChI is InChI=1S/C14H8ClFN2O2/c15-10-3-1-2-7(13(10)16)4-8-9-6-17-12(19)5-11(9)18-14(8)20/h1-6H,(H,17,19)(H,18,20). The molecule has 0 atom stereocenters. The van der Waals surface area contributed by atoms with E-state index in [1.54, 1.807) is 6.07 Å². The molecule has 2 heterocycles. The van der Waals surface area contributed by atoms with Crippen LogP contribution in [0.3, 0.4) is 0 Å². The van der Waals surface area contributed by atoms with Crippen LogP contribution in [0.1, 0.15) is 11.1 Å². The number of carbonyl (C=O) groups excluding carboxylic acids is 1. The lowest BCUT2D eigenvalue weighted by Gasteiger charge is -2.01. The maximum absolute atomic E-state index is 13.9. The van der Waals surface area contributed by atoms with E-state index in [1.807, 2.05) is 0 Å². The van der Waals surface area contributed by atoms with E-state index < -0.39 is 5.82 Å². The lowest BCUT2D eigenvalue weighted by molar-refractivity contribution is -0.110. The molecule has 2 N–H and O–H groups in total. The highest BCUT2D eigenvalue weighted by molar-refractivity contribution is 6.35. The molecule has 0 fully saturated rings. The van der Waals surface area contributed by atoms with Gasteiger partial charge in [0.25, 0.3) is 5.91 Å². The van der Waals surface area contributed by atoms with Crippen molar-refractivity contribution in [3.05, 3.63) is 52.4 Å². The van der Waals surface area contributed by atoms with Crippen molar-refractivity contribution in [1.29, 1.82) is 0 Å². The van der Waals surface area contributed by atoms with Gasteiger partial charge in [-0.2, -0.15) is 0 Å². The summed E-state index contributed by atoms with van der Waals surface area (Å²) in [6, 6.07) is 5.89. The number of rotatable bonds is 1. The summed E-state index contributed by atoms with van der Waals surface area (Å²) in [6.07, 6.45) is 2.76. The Morgan fingerprint density at radius 2 is 2.20 bits per heavy atom. The summed E-state index contributed by atoms with van der Waals surface area (Å²) < 4.78 is 13.9. The van der Waals surface area contributed by atoms with E-state index >= 15 is 0 Å². The summed E-state index contributed by atoms with van der Waals surface area (Å²) in [5.41, 5.74) is 1.43. The minimum Gasteiger partial charge on any atom is -0.493 e. The zero-order chi connectivity index (χ0) is 14.3. The SMILES string of the molecule is O=C1Nc2cc(O)ncc2C1=Cc1cccc(Cl)c1F. The second-order valence-corrected chi connectivity index (χ2v) is 4.65. The number of aromatic nitrogens is 1.